The monoisotopic (exact) mass is 310 g/mol. The van der Waals surface area contributed by atoms with E-state index in [9.17, 15) is 13.6 Å². The van der Waals surface area contributed by atoms with E-state index >= 15 is 0 Å². The molecule has 6 heteroatoms. The van der Waals surface area contributed by atoms with Crippen molar-refractivity contribution in [2.75, 3.05) is 7.11 Å². The fourth-order valence-corrected chi connectivity index (χ4v) is 2.62. The van der Waals surface area contributed by atoms with Crippen molar-refractivity contribution in [1.82, 2.24) is 0 Å². The first-order valence-corrected chi connectivity index (χ1v) is 6.98. The molecule has 0 aromatic heterocycles. The molecule has 0 spiro atoms. The summed E-state index contributed by atoms with van der Waals surface area (Å²) in [6.07, 6.45) is 0. The molecule has 3 nitrogen and oxygen atoms in total. The average molecular weight is 310 g/mol. The Morgan fingerprint density at radius 2 is 2.00 bits per heavy atom. The number of hydrogen-bond donors (Lipinski definition) is 1. The van der Waals surface area contributed by atoms with Crippen molar-refractivity contribution in [2.45, 2.75) is 10.6 Å². The normalized spacial score (nSPS) is 10.4. The average Bonchev–Trinajstić information content (AvgIpc) is 2.45. The highest BCUT2D eigenvalue weighted by molar-refractivity contribution is 7.98. The maximum Gasteiger partial charge on any atom is 0.339 e. The molecule has 0 radical (unpaired) electrons. The zero-order valence-electron chi connectivity index (χ0n) is 11.1. The van der Waals surface area contributed by atoms with Crippen LogP contribution in [0.3, 0.4) is 0 Å². The molecule has 2 rings (SSSR count). The lowest BCUT2D eigenvalue weighted by molar-refractivity contribution is 0.0693. The van der Waals surface area contributed by atoms with Gasteiger partial charge in [-0.05, 0) is 29.8 Å². The van der Waals surface area contributed by atoms with Gasteiger partial charge >= 0.3 is 5.97 Å². The summed E-state index contributed by atoms with van der Waals surface area (Å²) in [4.78, 5) is 11.3. The second kappa shape index (κ2) is 6.58. The number of ether oxygens (including phenoxy) is 1. The quantitative estimate of drug-likeness (QED) is 0.849. The Labute approximate surface area is 124 Å². The van der Waals surface area contributed by atoms with E-state index in [1.807, 2.05) is 0 Å². The molecule has 0 fully saturated rings. The number of benzene rings is 2. The van der Waals surface area contributed by atoms with Gasteiger partial charge in [0.2, 0.25) is 0 Å². The number of hydrogen-bond acceptors (Lipinski definition) is 3. The lowest BCUT2D eigenvalue weighted by Crippen LogP contribution is -2.01. The molecule has 21 heavy (non-hydrogen) atoms. The third-order valence-electron chi connectivity index (χ3n) is 2.78. The van der Waals surface area contributed by atoms with Crippen LogP contribution in [0.5, 0.6) is 5.75 Å². The Morgan fingerprint density at radius 3 is 2.62 bits per heavy atom. The topological polar surface area (TPSA) is 46.5 Å². The number of halogens is 2. The highest BCUT2D eigenvalue weighted by Crippen LogP contribution is 2.28. The molecule has 0 bridgehead atoms. The van der Waals surface area contributed by atoms with Crippen LogP contribution < -0.4 is 4.74 Å². The van der Waals surface area contributed by atoms with Gasteiger partial charge in [-0.25, -0.2) is 13.6 Å². The standard InChI is InChI=1S/C15H12F2O3S/c1-20-13-6-9(2-4-11(13)15(18)19)8-21-14-5-3-10(16)7-12(14)17/h2-7H,8H2,1H3,(H,18,19). The van der Waals surface area contributed by atoms with Crippen molar-refractivity contribution < 1.29 is 23.4 Å². The molecule has 0 saturated carbocycles. The van der Waals surface area contributed by atoms with Gasteiger partial charge in [-0.1, -0.05) is 6.07 Å². The van der Waals surface area contributed by atoms with Crippen LogP contribution in [0.4, 0.5) is 8.78 Å². The number of methoxy groups -OCH3 is 1. The summed E-state index contributed by atoms with van der Waals surface area (Å²) in [6, 6.07) is 8.07. The largest absolute Gasteiger partial charge is 0.496 e. The van der Waals surface area contributed by atoms with Gasteiger partial charge in [0, 0.05) is 16.7 Å². The maximum absolute atomic E-state index is 13.5. The van der Waals surface area contributed by atoms with Crippen LogP contribution in [0.15, 0.2) is 41.3 Å². The smallest absolute Gasteiger partial charge is 0.339 e. The Kier molecular flexibility index (Phi) is 4.80. The maximum atomic E-state index is 13.5. The first-order chi connectivity index (χ1) is 10.0. The Bertz CT molecular complexity index is 674. The molecule has 0 atom stereocenters. The van der Waals surface area contributed by atoms with Gasteiger partial charge in [0.25, 0.3) is 0 Å². The molecule has 0 heterocycles. The first-order valence-electron chi connectivity index (χ1n) is 5.99. The predicted octanol–water partition coefficient (Wildman–Crippen LogP) is 3.96. The minimum Gasteiger partial charge on any atom is -0.496 e. The van der Waals surface area contributed by atoms with Crippen LogP contribution in [0.1, 0.15) is 15.9 Å². The van der Waals surface area contributed by atoms with E-state index in [0.717, 1.165) is 11.6 Å². The minimum atomic E-state index is -1.07. The third-order valence-corrected chi connectivity index (χ3v) is 3.90. The highest BCUT2D eigenvalue weighted by atomic mass is 32.2. The molecule has 0 aliphatic rings. The molecule has 0 saturated heterocycles. The van der Waals surface area contributed by atoms with Gasteiger partial charge in [0.05, 0.1) is 7.11 Å². The Hall–Kier alpha value is -2.08. The molecule has 2 aromatic rings. The Balaban J connectivity index is 2.15. The second-order valence-corrected chi connectivity index (χ2v) is 5.22. The van der Waals surface area contributed by atoms with Crippen molar-refractivity contribution in [2.24, 2.45) is 0 Å². The minimum absolute atomic E-state index is 0.0687. The van der Waals surface area contributed by atoms with Gasteiger partial charge in [-0.2, -0.15) is 0 Å². The molecule has 0 aliphatic carbocycles. The zero-order valence-corrected chi connectivity index (χ0v) is 11.9. The number of aromatic carboxylic acids is 1. The SMILES string of the molecule is COc1cc(CSc2ccc(F)cc2F)ccc1C(=O)O. The molecule has 0 aliphatic heterocycles. The van der Waals surface area contributed by atoms with Crippen molar-refractivity contribution in [1.29, 1.82) is 0 Å². The van der Waals surface area contributed by atoms with Crippen LogP contribution in [0.2, 0.25) is 0 Å². The molecule has 1 N–H and O–H groups in total. The van der Waals surface area contributed by atoms with Gasteiger partial charge in [-0.15, -0.1) is 11.8 Å². The summed E-state index contributed by atoms with van der Waals surface area (Å²) >= 11 is 1.20. The van der Waals surface area contributed by atoms with Crippen molar-refractivity contribution in [3.05, 3.63) is 59.2 Å². The van der Waals surface area contributed by atoms with Gasteiger partial charge in [0.15, 0.2) is 0 Å². The van der Waals surface area contributed by atoms with Gasteiger partial charge in [0.1, 0.15) is 22.9 Å². The van der Waals surface area contributed by atoms with E-state index in [2.05, 4.69) is 0 Å². The molecular weight excluding hydrogens is 298 g/mol. The number of thioether (sulfide) groups is 1. The molecular formula is C15H12F2O3S. The summed E-state index contributed by atoms with van der Waals surface area (Å²) in [7, 11) is 1.39. The van der Waals surface area contributed by atoms with Crippen LogP contribution in [0, 0.1) is 11.6 Å². The predicted molar refractivity (Wildman–Crippen MR) is 75.9 cm³/mol. The van der Waals surface area contributed by atoms with Crippen LogP contribution in [-0.2, 0) is 5.75 Å². The van der Waals surface area contributed by atoms with Crippen molar-refractivity contribution >= 4 is 17.7 Å². The first kappa shape index (κ1) is 15.3. The second-order valence-electron chi connectivity index (χ2n) is 4.20. The van der Waals surface area contributed by atoms with Gasteiger partial charge in [-0.3, -0.25) is 0 Å². The Morgan fingerprint density at radius 1 is 1.24 bits per heavy atom. The van der Waals surface area contributed by atoms with E-state index < -0.39 is 17.6 Å². The fraction of sp³-hybridized carbons (Fsp3) is 0.133. The highest BCUT2D eigenvalue weighted by Gasteiger charge is 2.12. The summed E-state index contributed by atoms with van der Waals surface area (Å²) in [6.45, 7) is 0. The van der Waals surface area contributed by atoms with Gasteiger partial charge < -0.3 is 9.84 Å². The molecule has 110 valence electrons. The molecule has 0 amide bonds. The summed E-state index contributed by atoms with van der Waals surface area (Å²) in [5.41, 5.74) is 0.852. The van der Waals surface area contributed by atoms with E-state index in [0.29, 0.717) is 10.6 Å². The van der Waals surface area contributed by atoms with Crippen LogP contribution in [-0.4, -0.2) is 18.2 Å². The summed E-state index contributed by atoms with van der Waals surface area (Å²) < 4.78 is 31.3. The number of carboxylic acid groups (broad SMARTS) is 1. The van der Waals surface area contributed by atoms with E-state index in [4.69, 9.17) is 9.84 Å². The summed E-state index contributed by atoms with van der Waals surface area (Å²) in [5, 5.41) is 8.99. The van der Waals surface area contributed by atoms with E-state index in [1.54, 1.807) is 12.1 Å². The fourth-order valence-electron chi connectivity index (χ4n) is 1.76. The third kappa shape index (κ3) is 3.72. The van der Waals surface area contributed by atoms with Crippen LogP contribution >= 0.6 is 11.8 Å². The van der Waals surface area contributed by atoms with Crippen LogP contribution in [0.25, 0.3) is 0 Å². The molecule has 2 aromatic carbocycles. The summed E-state index contributed by atoms with van der Waals surface area (Å²) in [5.74, 6) is -1.65. The van der Waals surface area contributed by atoms with Crippen molar-refractivity contribution in [3.63, 3.8) is 0 Å². The lowest BCUT2D eigenvalue weighted by atomic mass is 10.1. The number of carboxylic acids is 1. The van der Waals surface area contributed by atoms with Crippen molar-refractivity contribution in [3.8, 4) is 5.75 Å². The van der Waals surface area contributed by atoms with E-state index in [-0.39, 0.29) is 11.3 Å². The lowest BCUT2D eigenvalue weighted by Gasteiger charge is -2.08. The molecule has 0 unspecified atom stereocenters. The number of rotatable bonds is 5. The van der Waals surface area contributed by atoms with E-state index in [1.165, 1.54) is 37.1 Å². The zero-order chi connectivity index (χ0) is 15.4. The number of carbonyl (C=O) groups is 1.